The van der Waals surface area contributed by atoms with E-state index >= 15 is 0 Å². The van der Waals surface area contributed by atoms with E-state index in [0.717, 1.165) is 89.1 Å². The van der Waals surface area contributed by atoms with Gasteiger partial charge in [-0.25, -0.2) is 15.0 Å². The van der Waals surface area contributed by atoms with Gasteiger partial charge >= 0.3 is 0 Å². The molecule has 0 fully saturated rings. The van der Waals surface area contributed by atoms with E-state index in [4.69, 9.17) is 23.2 Å². The van der Waals surface area contributed by atoms with Crippen LogP contribution in [0.15, 0.2) is 291 Å². The fourth-order valence-electron chi connectivity index (χ4n) is 12.7. The summed E-state index contributed by atoms with van der Waals surface area (Å²) < 4.78 is 91.3. The second kappa shape index (κ2) is 22.2. The molecule has 0 spiro atoms. The minimum absolute atomic E-state index is 0.0358. The van der Waals surface area contributed by atoms with Crippen LogP contribution in [0, 0.1) is 0 Å². The zero-order chi connectivity index (χ0) is 69.1. The maximum Gasteiger partial charge on any atom is 0.252 e. The Labute approximate surface area is 537 Å². The van der Waals surface area contributed by atoms with Gasteiger partial charge in [0.1, 0.15) is 0 Å². The summed E-state index contributed by atoms with van der Waals surface area (Å²) >= 11 is 0. The van der Waals surface area contributed by atoms with Crippen molar-refractivity contribution in [2.75, 3.05) is 9.80 Å². The van der Waals surface area contributed by atoms with Crippen molar-refractivity contribution in [1.82, 2.24) is 15.0 Å². The van der Waals surface area contributed by atoms with Crippen LogP contribution in [0.5, 0.6) is 0 Å². The van der Waals surface area contributed by atoms with E-state index in [-0.39, 0.29) is 35.3 Å². The van der Waals surface area contributed by atoms with Gasteiger partial charge in [0.25, 0.3) is 6.71 Å². The van der Waals surface area contributed by atoms with Crippen molar-refractivity contribution in [2.45, 2.75) is 52.4 Å². The van der Waals surface area contributed by atoms with Crippen molar-refractivity contribution in [1.29, 1.82) is 0 Å². The maximum atomic E-state index is 9.54. The molecule has 426 valence electrons. The van der Waals surface area contributed by atoms with E-state index in [2.05, 4.69) is 130 Å². The highest BCUT2D eigenvalue weighted by molar-refractivity contribution is 7.00. The van der Waals surface area contributed by atoms with E-state index in [1.54, 1.807) is 0 Å². The van der Waals surface area contributed by atoms with Crippen LogP contribution in [0.3, 0.4) is 0 Å². The summed E-state index contributed by atoms with van der Waals surface area (Å²) in [4.78, 5) is 20.9. The molecule has 2 aliphatic heterocycles. The third-order valence-corrected chi connectivity index (χ3v) is 17.2. The van der Waals surface area contributed by atoms with Crippen molar-refractivity contribution >= 4 is 57.2 Å². The Balaban J connectivity index is 1.14. The molecule has 3 heterocycles. The molecule has 0 N–H and O–H groups in total. The summed E-state index contributed by atoms with van der Waals surface area (Å²) in [5.74, 6) is 1.32. The summed E-state index contributed by atoms with van der Waals surface area (Å²) in [5.41, 5.74) is 16.7. The molecule has 13 aromatic rings. The van der Waals surface area contributed by atoms with Gasteiger partial charge in [-0.2, -0.15) is 0 Å². The van der Waals surface area contributed by atoms with Crippen molar-refractivity contribution in [3.63, 3.8) is 0 Å². The molecule has 0 saturated heterocycles. The molecule has 0 atom stereocenters. The molecule has 5 nitrogen and oxygen atoms in total. The Kier molecular flexibility index (Phi) is 11.2. The molecule has 0 bridgehead atoms. The van der Waals surface area contributed by atoms with Gasteiger partial charge in [0.2, 0.25) is 0 Å². The van der Waals surface area contributed by atoms with Gasteiger partial charge in [-0.1, -0.05) is 284 Å². The SMILES string of the molecule is [2H]c1c([2H])c([2H])c(-c2ccc3c(c2)N(c2ccc(-c4ccccc4)cc2-c2ccccc2)c2cc(C(C)(C)C)cc4c2B3c2ccc(-c3c([2H])c([2H])c([2H])c([2H])c3[2H])cc2N4c2c(-c3ccccc3)cc(C(C)(C)C)cc2-c2nc(-c3ccccc3)nc(-c3ccccc3)n2)c([2H])c1[2H]. The largest absolute Gasteiger partial charge is 0.311 e. The normalized spacial score (nSPS) is 14.1. The van der Waals surface area contributed by atoms with E-state index in [0.29, 0.717) is 51.2 Å². The van der Waals surface area contributed by atoms with Crippen LogP contribution >= 0.6 is 0 Å². The highest BCUT2D eigenvalue weighted by Gasteiger charge is 2.46. The smallest absolute Gasteiger partial charge is 0.252 e. The van der Waals surface area contributed by atoms with E-state index in [1.807, 2.05) is 152 Å². The van der Waals surface area contributed by atoms with Gasteiger partial charge in [0.05, 0.1) is 25.1 Å². The lowest BCUT2D eigenvalue weighted by atomic mass is 9.33. The van der Waals surface area contributed by atoms with Crippen molar-refractivity contribution < 1.29 is 13.7 Å². The molecule has 1 aromatic heterocycles. The Hall–Kier alpha value is -10.7. The average molecular weight is 1150 g/mol. The molecule has 0 amide bonds. The van der Waals surface area contributed by atoms with E-state index in [9.17, 15) is 5.48 Å². The topological polar surface area (TPSA) is 45.2 Å². The highest BCUT2D eigenvalue weighted by Crippen LogP contribution is 2.54. The van der Waals surface area contributed by atoms with E-state index < -0.39 is 53.8 Å². The maximum absolute atomic E-state index is 9.54. The Morgan fingerprint density at radius 3 is 1.19 bits per heavy atom. The third-order valence-electron chi connectivity index (χ3n) is 17.2. The molecule has 6 heteroatoms. The lowest BCUT2D eigenvalue weighted by Gasteiger charge is -2.46. The molecule has 15 rings (SSSR count). The molecule has 0 unspecified atom stereocenters. The van der Waals surface area contributed by atoms with Gasteiger partial charge in [0, 0.05) is 50.6 Å². The molecule has 0 saturated carbocycles. The van der Waals surface area contributed by atoms with Crippen LogP contribution in [0.1, 0.15) is 66.4 Å². The van der Waals surface area contributed by atoms with Gasteiger partial charge in [0.15, 0.2) is 17.5 Å². The molecule has 0 radical (unpaired) electrons. The highest BCUT2D eigenvalue weighted by atomic mass is 15.2. The minimum Gasteiger partial charge on any atom is -0.311 e. The molecule has 0 aliphatic carbocycles. The van der Waals surface area contributed by atoms with Crippen LogP contribution in [0.25, 0.3) is 89.8 Å². The Morgan fingerprint density at radius 2 is 0.697 bits per heavy atom. The molecule has 12 aromatic carbocycles. The van der Waals surface area contributed by atoms with Crippen LogP contribution in [0.4, 0.5) is 34.1 Å². The minimum atomic E-state index is -0.613. The zero-order valence-corrected chi connectivity index (χ0v) is 50.3. The standard InChI is InChI=1S/C83H66BN5/c1-82(2,3)65-51-68(59-36-22-11-23-37-59)78(69(52-65)81-86-79(60-38-24-12-25-39-60)85-80(87-81)61-40-26-13-27-41-61)89-74-50-64(57-32-18-9-19-33-57)43-46-71(74)84-70-45-42-63(56-30-16-8-17-31-56)49-73(70)88(75-53-66(83(4,5)6)54-76(89)77(75)84)72-47-44-62(55-28-14-7-15-29-55)48-67(72)58-34-20-10-21-35-58/h7-54H,1-6H3/i8D,9D,16D,17D,18D,19D,30D,31D,32D,33D. The van der Waals surface area contributed by atoms with Crippen LogP contribution < -0.4 is 26.2 Å². The zero-order valence-electron chi connectivity index (χ0n) is 60.3. The number of fused-ring (bicyclic) bond motifs is 4. The lowest BCUT2D eigenvalue weighted by molar-refractivity contribution is 0.590. The van der Waals surface area contributed by atoms with Crippen molar-refractivity contribution in [3.8, 4) is 89.8 Å². The number of benzene rings is 12. The average Bonchev–Trinajstić information content (AvgIpc) is 0.687. The van der Waals surface area contributed by atoms with Crippen molar-refractivity contribution in [3.05, 3.63) is 302 Å². The van der Waals surface area contributed by atoms with Gasteiger partial charge in [-0.05, 0) is 131 Å². The van der Waals surface area contributed by atoms with Gasteiger partial charge in [-0.15, -0.1) is 0 Å². The second-order valence-electron chi connectivity index (χ2n) is 24.9. The summed E-state index contributed by atoms with van der Waals surface area (Å²) in [6, 6.07) is 73.7. The fraction of sp³-hybridized carbons (Fsp3) is 0.0964. The number of anilines is 6. The van der Waals surface area contributed by atoms with Crippen LogP contribution in [-0.4, -0.2) is 21.7 Å². The summed E-state index contributed by atoms with van der Waals surface area (Å²) in [5, 5.41) is 0. The fourth-order valence-corrected chi connectivity index (χ4v) is 12.7. The number of aromatic nitrogens is 3. The first-order valence-electron chi connectivity index (χ1n) is 35.1. The molecular weight excluding hydrogens is 1080 g/mol. The number of nitrogens with zero attached hydrogens (tertiary/aromatic N) is 5. The summed E-state index contributed by atoms with van der Waals surface area (Å²) in [7, 11) is 0. The van der Waals surface area contributed by atoms with Crippen molar-refractivity contribution in [2.24, 2.45) is 0 Å². The quantitative estimate of drug-likeness (QED) is 0.128. The van der Waals surface area contributed by atoms with Gasteiger partial charge in [-0.3, -0.25) is 0 Å². The molecule has 2 aliphatic rings. The van der Waals surface area contributed by atoms with Gasteiger partial charge < -0.3 is 9.80 Å². The number of hydrogen-bond acceptors (Lipinski definition) is 5. The first kappa shape index (κ1) is 44.7. The first-order valence-corrected chi connectivity index (χ1v) is 30.1. The summed E-state index contributed by atoms with van der Waals surface area (Å²) in [6.45, 7) is 12.5. The van der Waals surface area contributed by atoms with Crippen LogP contribution in [-0.2, 0) is 10.8 Å². The predicted octanol–water partition coefficient (Wildman–Crippen LogP) is 19.9. The lowest BCUT2D eigenvalue weighted by Crippen LogP contribution is -2.61. The third kappa shape index (κ3) is 10.1. The second-order valence-corrected chi connectivity index (χ2v) is 24.9. The Bertz CT molecular complexity index is 5300. The molecular formula is C83H66BN5. The predicted molar refractivity (Wildman–Crippen MR) is 375 cm³/mol. The summed E-state index contributed by atoms with van der Waals surface area (Å²) in [6.07, 6.45) is 0. The van der Waals surface area contributed by atoms with E-state index in [1.165, 1.54) is 0 Å². The first-order chi connectivity index (χ1) is 47.5. The number of rotatable bonds is 10. The van der Waals surface area contributed by atoms with Crippen LogP contribution in [0.2, 0.25) is 0 Å². The Morgan fingerprint density at radius 1 is 0.303 bits per heavy atom. The molecule has 89 heavy (non-hydrogen) atoms. The number of hydrogen-bond donors (Lipinski definition) is 0. The monoisotopic (exact) mass is 1150 g/mol.